The van der Waals surface area contributed by atoms with Gasteiger partial charge in [0, 0.05) is 11.6 Å². The van der Waals surface area contributed by atoms with E-state index >= 15 is 0 Å². The van der Waals surface area contributed by atoms with Crippen molar-refractivity contribution in [2.45, 2.75) is 12.3 Å². The van der Waals surface area contributed by atoms with Crippen molar-refractivity contribution in [3.8, 4) is 11.5 Å². The Labute approximate surface area is 119 Å². The van der Waals surface area contributed by atoms with Crippen LogP contribution in [-0.2, 0) is 4.79 Å². The molecule has 1 fully saturated rings. The highest BCUT2D eigenvalue weighted by atomic mass is 16.5. The van der Waals surface area contributed by atoms with Gasteiger partial charge >= 0.3 is 5.97 Å². The molecule has 104 valence electrons. The predicted octanol–water partition coefficient (Wildman–Crippen LogP) is 2.47. The van der Waals surface area contributed by atoms with E-state index in [1.165, 1.54) is 0 Å². The fraction of sp³-hybridized carbons (Fsp3) is 0.200. The molecule has 1 N–H and O–H groups in total. The molecular weight excluding hydrogens is 270 g/mol. The van der Waals surface area contributed by atoms with Crippen molar-refractivity contribution >= 4 is 16.7 Å². The molecule has 6 heteroatoms. The number of fused-ring (bicyclic) bond motifs is 1. The van der Waals surface area contributed by atoms with Crippen LogP contribution in [0.3, 0.4) is 0 Å². The zero-order valence-corrected chi connectivity index (χ0v) is 10.9. The monoisotopic (exact) mass is 281 g/mol. The van der Waals surface area contributed by atoms with Crippen LogP contribution in [0.25, 0.3) is 22.3 Å². The molecule has 1 aliphatic rings. The maximum atomic E-state index is 10.9. The highest BCUT2D eigenvalue weighted by Crippen LogP contribution is 2.47. The lowest BCUT2D eigenvalue weighted by Crippen LogP contribution is -1.99. The van der Waals surface area contributed by atoms with Gasteiger partial charge in [0.25, 0.3) is 0 Å². The molecule has 0 spiro atoms. The molecule has 2 aromatic heterocycles. The normalized spacial score (nSPS) is 20.6. The molecule has 0 bridgehead atoms. The highest BCUT2D eigenvalue weighted by molar-refractivity contribution is 5.92. The molecule has 2 heterocycles. The molecule has 6 nitrogen and oxygen atoms in total. The van der Waals surface area contributed by atoms with Gasteiger partial charge in [0.15, 0.2) is 0 Å². The van der Waals surface area contributed by atoms with E-state index in [9.17, 15) is 4.79 Å². The van der Waals surface area contributed by atoms with E-state index in [4.69, 9.17) is 9.63 Å². The Morgan fingerprint density at radius 3 is 2.95 bits per heavy atom. The van der Waals surface area contributed by atoms with Crippen LogP contribution in [0, 0.1) is 5.92 Å². The smallest absolute Gasteiger partial charge is 0.307 e. The molecule has 0 amide bonds. The van der Waals surface area contributed by atoms with Gasteiger partial charge in [0.2, 0.25) is 11.7 Å². The molecule has 21 heavy (non-hydrogen) atoms. The maximum absolute atomic E-state index is 10.9. The van der Waals surface area contributed by atoms with E-state index < -0.39 is 11.9 Å². The van der Waals surface area contributed by atoms with Crippen LogP contribution < -0.4 is 0 Å². The van der Waals surface area contributed by atoms with Crippen molar-refractivity contribution < 1.29 is 14.4 Å². The Hall–Kier alpha value is -2.76. The molecule has 1 aromatic carbocycles. The van der Waals surface area contributed by atoms with Crippen molar-refractivity contribution in [1.82, 2.24) is 15.1 Å². The van der Waals surface area contributed by atoms with Gasteiger partial charge in [-0.15, -0.1) is 0 Å². The Bertz CT molecular complexity index is 838. The molecule has 4 rings (SSSR count). The lowest BCUT2D eigenvalue weighted by Gasteiger charge is -2.00. The van der Waals surface area contributed by atoms with Crippen molar-refractivity contribution in [1.29, 1.82) is 0 Å². The number of hydrogen-bond acceptors (Lipinski definition) is 5. The number of nitrogens with zero attached hydrogens (tertiary/aromatic N) is 3. The highest BCUT2D eigenvalue weighted by Gasteiger charge is 2.48. The number of carbonyl (C=O) groups is 1. The number of pyridine rings is 1. The van der Waals surface area contributed by atoms with Crippen LogP contribution in [0.5, 0.6) is 0 Å². The Kier molecular flexibility index (Phi) is 2.50. The first kappa shape index (κ1) is 12.0. The van der Waals surface area contributed by atoms with Crippen LogP contribution in [-0.4, -0.2) is 26.2 Å². The second-order valence-corrected chi connectivity index (χ2v) is 5.12. The van der Waals surface area contributed by atoms with E-state index in [1.807, 2.05) is 30.3 Å². The van der Waals surface area contributed by atoms with E-state index in [2.05, 4.69) is 15.1 Å². The van der Waals surface area contributed by atoms with E-state index in [1.54, 1.807) is 6.20 Å². The van der Waals surface area contributed by atoms with E-state index in [0.29, 0.717) is 23.8 Å². The van der Waals surface area contributed by atoms with Crippen molar-refractivity contribution in [2.75, 3.05) is 0 Å². The Morgan fingerprint density at radius 1 is 1.29 bits per heavy atom. The van der Waals surface area contributed by atoms with Gasteiger partial charge in [0.1, 0.15) is 5.69 Å². The lowest BCUT2D eigenvalue weighted by molar-refractivity contribution is -0.138. The molecule has 1 aliphatic carbocycles. The zero-order chi connectivity index (χ0) is 14.4. The Balaban J connectivity index is 1.74. The molecule has 0 saturated heterocycles. The maximum Gasteiger partial charge on any atom is 0.307 e. The summed E-state index contributed by atoms with van der Waals surface area (Å²) in [4.78, 5) is 19.5. The van der Waals surface area contributed by atoms with Crippen LogP contribution in [0.15, 0.2) is 41.1 Å². The minimum Gasteiger partial charge on any atom is -0.481 e. The first-order valence-electron chi connectivity index (χ1n) is 6.64. The summed E-state index contributed by atoms with van der Waals surface area (Å²) in [5.41, 5.74) is 0.649. The van der Waals surface area contributed by atoms with Crippen LogP contribution in [0.2, 0.25) is 0 Å². The summed E-state index contributed by atoms with van der Waals surface area (Å²) in [7, 11) is 0. The first-order valence-corrected chi connectivity index (χ1v) is 6.64. The second-order valence-electron chi connectivity index (χ2n) is 5.12. The van der Waals surface area contributed by atoms with Gasteiger partial charge in [-0.25, -0.2) is 0 Å². The van der Waals surface area contributed by atoms with Gasteiger partial charge in [-0.3, -0.25) is 9.78 Å². The quantitative estimate of drug-likeness (QED) is 0.793. The average molecular weight is 281 g/mol. The standard InChI is InChI=1S/C15H11N3O3/c19-15(20)11-7-10(11)14-17-13(18-21-14)12-9-4-2-1-3-8(9)5-6-16-12/h1-6,10-11H,7H2,(H,19,20). The molecule has 2 unspecified atom stereocenters. The summed E-state index contributed by atoms with van der Waals surface area (Å²) >= 11 is 0. The van der Waals surface area contributed by atoms with Crippen LogP contribution >= 0.6 is 0 Å². The largest absolute Gasteiger partial charge is 0.481 e. The minimum atomic E-state index is -0.817. The summed E-state index contributed by atoms with van der Waals surface area (Å²) in [6.45, 7) is 0. The van der Waals surface area contributed by atoms with E-state index in [0.717, 1.165) is 10.8 Å². The predicted molar refractivity (Wildman–Crippen MR) is 73.5 cm³/mol. The zero-order valence-electron chi connectivity index (χ0n) is 10.9. The van der Waals surface area contributed by atoms with Gasteiger partial charge in [-0.1, -0.05) is 29.4 Å². The summed E-state index contributed by atoms with van der Waals surface area (Å²) in [6, 6.07) is 9.74. The number of carboxylic acids is 1. The van der Waals surface area contributed by atoms with Crippen LogP contribution in [0.1, 0.15) is 18.2 Å². The third-order valence-electron chi connectivity index (χ3n) is 3.75. The SMILES string of the molecule is O=C(O)C1CC1c1nc(-c2nccc3ccccc23)no1. The Morgan fingerprint density at radius 2 is 2.14 bits per heavy atom. The number of rotatable bonds is 3. The van der Waals surface area contributed by atoms with Crippen molar-refractivity contribution in [3.05, 3.63) is 42.4 Å². The fourth-order valence-electron chi connectivity index (χ4n) is 2.52. The van der Waals surface area contributed by atoms with Gasteiger partial charge in [-0.2, -0.15) is 4.98 Å². The van der Waals surface area contributed by atoms with Gasteiger partial charge < -0.3 is 9.63 Å². The topological polar surface area (TPSA) is 89.1 Å². The number of hydrogen-bond donors (Lipinski definition) is 1. The van der Waals surface area contributed by atoms with E-state index in [-0.39, 0.29) is 5.92 Å². The molecule has 0 radical (unpaired) electrons. The molecular formula is C15H11N3O3. The molecule has 2 atom stereocenters. The summed E-state index contributed by atoms with van der Waals surface area (Å²) in [5, 5.41) is 14.9. The number of carboxylic acid groups (broad SMARTS) is 1. The third kappa shape index (κ3) is 1.96. The number of aromatic nitrogens is 3. The van der Waals surface area contributed by atoms with Gasteiger partial charge in [0.05, 0.1) is 11.8 Å². The number of benzene rings is 1. The molecule has 3 aromatic rings. The number of aliphatic carboxylic acids is 1. The summed E-state index contributed by atoms with van der Waals surface area (Å²) < 4.78 is 5.21. The van der Waals surface area contributed by atoms with Crippen molar-refractivity contribution in [2.24, 2.45) is 5.92 Å². The molecule has 1 saturated carbocycles. The summed E-state index contributed by atoms with van der Waals surface area (Å²) in [6.07, 6.45) is 2.25. The van der Waals surface area contributed by atoms with Crippen molar-refractivity contribution in [3.63, 3.8) is 0 Å². The molecule has 0 aliphatic heterocycles. The first-order chi connectivity index (χ1) is 10.2. The van der Waals surface area contributed by atoms with Crippen LogP contribution in [0.4, 0.5) is 0 Å². The minimum absolute atomic E-state index is 0.168. The lowest BCUT2D eigenvalue weighted by atomic mass is 10.1. The summed E-state index contributed by atoms with van der Waals surface area (Å²) in [5.74, 6) is -0.606. The third-order valence-corrected chi connectivity index (χ3v) is 3.75. The van der Waals surface area contributed by atoms with Gasteiger partial charge in [-0.05, 0) is 17.9 Å². The fourth-order valence-corrected chi connectivity index (χ4v) is 2.52. The second kappa shape index (κ2) is 4.37. The average Bonchev–Trinajstić information content (AvgIpc) is 3.17.